The molecule has 0 radical (unpaired) electrons. The molecule has 19 N–H and O–H groups in total. The Kier molecular flexibility index (Phi) is 49.0. The Bertz CT molecular complexity index is 5530. The minimum Gasteiger partial charge on any atom is -0.478 e. The van der Waals surface area contributed by atoms with Gasteiger partial charge in [-0.2, -0.15) is 0 Å². The van der Waals surface area contributed by atoms with E-state index in [1.165, 1.54) is 35.4 Å². The zero-order valence-corrected chi connectivity index (χ0v) is 81.0. The number of esters is 2. The van der Waals surface area contributed by atoms with Crippen LogP contribution >= 0.6 is 45.2 Å². The fraction of sp³-hybridized carbons (Fsp3) is 0.278. The third kappa shape index (κ3) is 49.7. The molecule has 11 amide bonds. The summed E-state index contributed by atoms with van der Waals surface area (Å²) in [6.07, 6.45) is 7.62. The van der Waals surface area contributed by atoms with Gasteiger partial charge in [0.1, 0.15) is 53.6 Å². The molecule has 0 aliphatic carbocycles. The first-order chi connectivity index (χ1) is 63.4. The number of rotatable bonds is 23. The molecule has 0 aliphatic rings. The Morgan fingerprint density at radius 2 is 0.630 bits per heavy atom. The number of carboxylic acids is 1. The molecule has 38 heteroatoms. The van der Waals surface area contributed by atoms with Gasteiger partial charge < -0.3 is 104 Å². The molecular weight excluding hydrogens is 1970 g/mol. The summed E-state index contributed by atoms with van der Waals surface area (Å²) in [4.78, 5) is 164. The first-order valence-electron chi connectivity index (χ1n) is 40.7. The molecule has 8 rings (SSSR count). The number of nitrogens with two attached hydrogens (primary N) is 3. The number of carbonyl (C=O) groups is 14. The van der Waals surface area contributed by atoms with Gasteiger partial charge >= 0.3 is 42.3 Å². The van der Waals surface area contributed by atoms with Crippen LogP contribution in [0.3, 0.4) is 0 Å². The summed E-state index contributed by atoms with van der Waals surface area (Å²) in [5.41, 5.74) is 22.8. The number of nitrogens with one attached hydrogen (secondary N) is 11. The van der Waals surface area contributed by atoms with Gasteiger partial charge in [-0.3, -0.25) is 38.8 Å². The van der Waals surface area contributed by atoms with E-state index in [0.29, 0.717) is 56.0 Å². The number of alkyl carbamates (subject to hydrolysis) is 4. The van der Waals surface area contributed by atoms with E-state index in [1.54, 1.807) is 229 Å². The topological polar surface area (TPSA) is 545 Å². The zero-order valence-electron chi connectivity index (χ0n) is 76.7. The molecule has 0 aromatic heterocycles. The number of halogens is 2. The van der Waals surface area contributed by atoms with Crippen molar-refractivity contribution in [1.29, 1.82) is 0 Å². The highest BCUT2D eigenvalue weighted by molar-refractivity contribution is 14.1. The van der Waals surface area contributed by atoms with E-state index in [1.807, 2.05) is 36.4 Å². The molecule has 0 fully saturated rings. The predicted octanol–water partition coefficient (Wildman–Crippen LogP) is 10.3. The number of carboxylic acid groups (broad SMARTS) is 1. The van der Waals surface area contributed by atoms with Crippen LogP contribution in [0.4, 0.5) is 41.9 Å². The second-order valence-electron chi connectivity index (χ2n) is 31.8. The summed E-state index contributed by atoms with van der Waals surface area (Å²) < 4.78 is 32.0. The molecule has 3 atom stereocenters. The second kappa shape index (κ2) is 58.0. The van der Waals surface area contributed by atoms with Crippen molar-refractivity contribution >= 4 is 152 Å². The highest BCUT2D eigenvalue weighted by atomic mass is 127. The Morgan fingerprint density at radius 3 is 0.889 bits per heavy atom. The number of benzene rings is 8. The number of methoxy groups -OCH3 is 2. The standard InChI is InChI=1S/C31H38N4O8.C20H21N5O4.C18H22N2O5.C13H17IN2O3.C9H6O2.C6H6IN/c1-30(2,3)42-28(39)32-18-24(27(38)41-7)35-26(37)22-14-10-20(11-15-22)8-9-21-12-16-23(17-13-21)34-25(36)19-33-29(40)43-31(4,5)6;21-11-17(20(28)25-29)24-19(27)15-7-3-13(4-8-15)1-2-14-5-9-16(10-6-14)23-18(26)12-22;1-6-12-7-9-13(10-8-12)15(21)20-14(16(22)24-5)11-19-17(23)25-18(2,3)4;1-13(2,3)19-12(18)15-8-11(17)16-10-6-4-9(14)5-7-10;1-2-7-3-5-8(6-4-7)9(10)11;7-5-1-3-6(8)4-2-5/h10-17,24H,18-19H2,1-7H3,(H,32,39)(H,33,40)(H,34,36)(H,35,37);3-10,17,29H,11-12,21-22H2,(H,23,26)(H,24,27)(H,25,28);1,7-10,14H,11H2,2-5H3,(H,19,23)(H,20,21);4-7H,8H2,1-3H3,(H,15,18)(H,16,17);1,3-6H,(H,10,11);1-4H,8H2/t24-;17-;14-;;;/m000.../s1. The monoisotopic (exact) mass is 2080 g/mol. The third-order valence-corrected chi connectivity index (χ3v) is 17.4. The van der Waals surface area contributed by atoms with Gasteiger partial charge in [-0.25, -0.2) is 39.0 Å². The van der Waals surface area contributed by atoms with Gasteiger partial charge in [0.2, 0.25) is 17.7 Å². The molecule has 135 heavy (non-hydrogen) atoms. The van der Waals surface area contributed by atoms with Gasteiger partial charge in [0.15, 0.2) is 0 Å². The second-order valence-corrected chi connectivity index (χ2v) is 34.3. The molecule has 0 bridgehead atoms. The lowest BCUT2D eigenvalue weighted by Gasteiger charge is -2.21. The van der Waals surface area contributed by atoms with E-state index in [-0.39, 0.29) is 62.2 Å². The van der Waals surface area contributed by atoms with E-state index in [9.17, 15) is 67.1 Å². The molecule has 0 unspecified atom stereocenters. The van der Waals surface area contributed by atoms with Crippen LogP contribution in [-0.4, -0.2) is 188 Å². The first-order valence-corrected chi connectivity index (χ1v) is 42.9. The smallest absolute Gasteiger partial charge is 0.408 e. The minimum absolute atomic E-state index is 0.0862. The number of anilines is 4. The molecule has 714 valence electrons. The fourth-order valence-electron chi connectivity index (χ4n) is 9.66. The zero-order chi connectivity index (χ0) is 101. The molecule has 0 aliphatic heterocycles. The van der Waals surface area contributed by atoms with Crippen LogP contribution in [0.2, 0.25) is 0 Å². The number of aromatic carboxylic acids is 1. The summed E-state index contributed by atoms with van der Waals surface area (Å²) in [6, 6.07) is 51.0. The van der Waals surface area contributed by atoms with Crippen molar-refractivity contribution in [3.05, 3.63) is 257 Å². The molecule has 0 spiro atoms. The van der Waals surface area contributed by atoms with Gasteiger partial charge in [0, 0.05) is 86.5 Å². The number of ether oxygens (including phenoxy) is 6. The molecular formula is C97H110I2N14O22. The summed E-state index contributed by atoms with van der Waals surface area (Å²) in [5, 5.41) is 42.2. The maximum Gasteiger partial charge on any atom is 0.408 e. The average molecular weight is 2080 g/mol. The maximum absolute atomic E-state index is 12.7. The van der Waals surface area contributed by atoms with Crippen molar-refractivity contribution < 1.29 is 106 Å². The third-order valence-electron chi connectivity index (χ3n) is 16.0. The van der Waals surface area contributed by atoms with Gasteiger partial charge in [0.25, 0.3) is 23.6 Å². The molecule has 36 nitrogen and oxygen atoms in total. The minimum atomic E-state index is -1.13. The summed E-state index contributed by atoms with van der Waals surface area (Å²) >= 11 is 4.42. The summed E-state index contributed by atoms with van der Waals surface area (Å²) in [5.74, 6) is 11.1. The van der Waals surface area contributed by atoms with Crippen molar-refractivity contribution in [2.45, 2.75) is 124 Å². The van der Waals surface area contributed by atoms with Crippen LogP contribution in [-0.2, 0) is 57.2 Å². The van der Waals surface area contributed by atoms with Crippen molar-refractivity contribution in [3.63, 3.8) is 0 Å². The molecule has 0 saturated heterocycles. The van der Waals surface area contributed by atoms with Crippen LogP contribution in [0.25, 0.3) is 0 Å². The van der Waals surface area contributed by atoms with Gasteiger partial charge in [-0.05, 0) is 322 Å². The van der Waals surface area contributed by atoms with Gasteiger partial charge in [-0.1, -0.05) is 35.5 Å². The van der Waals surface area contributed by atoms with Crippen LogP contribution in [0.1, 0.15) is 158 Å². The van der Waals surface area contributed by atoms with Crippen molar-refractivity contribution in [3.8, 4) is 48.4 Å². The number of terminal acetylenes is 2. The Balaban J connectivity index is 0.000000447. The quantitative estimate of drug-likeness (QED) is 0.00538. The maximum atomic E-state index is 12.7. The Morgan fingerprint density at radius 1 is 0.370 bits per heavy atom. The lowest BCUT2D eigenvalue weighted by Crippen LogP contribution is -2.50. The average Bonchev–Trinajstić information content (AvgIpc) is 1.04. The first kappa shape index (κ1) is 114. The number of hydroxylamine groups is 1. The number of hydrogen-bond acceptors (Lipinski definition) is 24. The highest BCUT2D eigenvalue weighted by Gasteiger charge is 2.28. The van der Waals surface area contributed by atoms with E-state index < -0.39 is 112 Å². The van der Waals surface area contributed by atoms with Crippen LogP contribution in [0, 0.1) is 55.5 Å². The van der Waals surface area contributed by atoms with E-state index >= 15 is 0 Å². The fourth-order valence-corrected chi connectivity index (χ4v) is 10.4. The van der Waals surface area contributed by atoms with E-state index in [0.717, 1.165) is 14.8 Å². The lowest BCUT2D eigenvalue weighted by atomic mass is 10.1. The van der Waals surface area contributed by atoms with Crippen molar-refractivity contribution in [2.24, 2.45) is 11.5 Å². The predicted molar refractivity (Wildman–Crippen MR) is 525 cm³/mol. The van der Waals surface area contributed by atoms with Crippen molar-refractivity contribution in [1.82, 2.24) is 42.7 Å². The van der Waals surface area contributed by atoms with E-state index in [2.05, 4.69) is 139 Å². The normalized spacial score (nSPS) is 10.9. The van der Waals surface area contributed by atoms with Gasteiger partial charge in [-0.15, -0.1) is 12.8 Å². The van der Waals surface area contributed by atoms with Crippen LogP contribution in [0.5, 0.6) is 0 Å². The van der Waals surface area contributed by atoms with Gasteiger partial charge in [0.05, 0.1) is 39.4 Å². The summed E-state index contributed by atoms with van der Waals surface area (Å²) in [6.45, 7) is 19.7. The largest absolute Gasteiger partial charge is 0.478 e. The Labute approximate surface area is 810 Å². The highest BCUT2D eigenvalue weighted by Crippen LogP contribution is 2.17. The number of nitrogen functional groups attached to an aromatic ring is 1. The molecule has 8 aromatic carbocycles. The van der Waals surface area contributed by atoms with Crippen LogP contribution in [0.15, 0.2) is 194 Å². The molecule has 8 aromatic rings. The number of hydrogen-bond donors (Lipinski definition) is 16. The molecule has 0 heterocycles. The number of amides is 11. The Hall–Kier alpha value is -15.1. The SMILES string of the molecule is C#Cc1ccc(C(=O)N[C@@H](CNC(=O)OC(C)(C)C)C(=O)OC)cc1.C#Cc1ccc(C(=O)O)cc1.CC(C)(C)OC(=O)NCC(=O)Nc1ccc(I)cc1.COC(=O)[C@H](CNC(=O)OC(C)(C)C)NC(=O)c1ccc(C#Cc2ccc(NC(=O)CNC(=O)OC(C)(C)C)cc2)cc1.NCC(=O)Nc1ccc(C#Cc2ccc(C(=O)N[C@@H](CN)C(=O)NO)cc2)cc1.Nc1ccc(I)cc1. The number of carbonyl (C=O) groups excluding carboxylic acids is 13. The molecule has 0 saturated carbocycles. The van der Waals surface area contributed by atoms with Crippen LogP contribution < -0.4 is 75.8 Å². The van der Waals surface area contributed by atoms with E-state index in [4.69, 9.17) is 64.0 Å². The lowest BCUT2D eigenvalue weighted by molar-refractivity contribution is -0.143. The summed E-state index contributed by atoms with van der Waals surface area (Å²) in [7, 11) is 2.37. The van der Waals surface area contributed by atoms with Crippen molar-refractivity contribution in [2.75, 3.05) is 75.2 Å².